The molecule has 0 spiro atoms. The Kier molecular flexibility index (Phi) is 17.9. The maximum absolute atomic E-state index is 14.1. The number of amides is 6. The number of carbonyl (C=O) groups is 6. The van der Waals surface area contributed by atoms with Gasteiger partial charge in [0.25, 0.3) is 29.5 Å². The van der Waals surface area contributed by atoms with Gasteiger partial charge in [0, 0.05) is 51.5 Å². The molecule has 6 amide bonds. The van der Waals surface area contributed by atoms with Crippen LogP contribution in [-0.4, -0.2) is 129 Å². The number of thiazole rings is 6. The summed E-state index contributed by atoms with van der Waals surface area (Å²) in [4.78, 5) is 114. The van der Waals surface area contributed by atoms with Gasteiger partial charge >= 0.3 is 0 Å². The molecular weight excluding hydrogens is 1120 g/mol. The summed E-state index contributed by atoms with van der Waals surface area (Å²) in [6.45, 7) is 10.8. The van der Waals surface area contributed by atoms with E-state index < -0.39 is 77.5 Å². The number of aliphatic hydroxyl groups excluding tert-OH is 2. The minimum atomic E-state index is -1.58. The lowest BCUT2D eigenvalue weighted by molar-refractivity contribution is -0.124. The van der Waals surface area contributed by atoms with Gasteiger partial charge in [0.2, 0.25) is 5.91 Å². The molecule has 8 heterocycles. The fourth-order valence-electron chi connectivity index (χ4n) is 7.34. The van der Waals surface area contributed by atoms with E-state index in [-0.39, 0.29) is 50.7 Å². The summed E-state index contributed by atoms with van der Waals surface area (Å²) in [6, 6.07) is 0.0736. The molecule has 0 aromatic carbocycles. The predicted molar refractivity (Wildman–Crippen MR) is 297 cm³/mol. The van der Waals surface area contributed by atoms with Crippen LogP contribution in [0, 0.1) is 0 Å². The molecule has 78 heavy (non-hydrogen) atoms. The van der Waals surface area contributed by atoms with Gasteiger partial charge in [0.15, 0.2) is 0 Å². The Morgan fingerprint density at radius 1 is 0.692 bits per heavy atom. The number of nitrogens with zero attached hydrogens (tertiary/aromatic N) is 7. The van der Waals surface area contributed by atoms with Crippen molar-refractivity contribution in [1.29, 1.82) is 0 Å². The van der Waals surface area contributed by atoms with Gasteiger partial charge in [-0.05, 0) is 60.6 Å². The van der Waals surface area contributed by atoms with Crippen LogP contribution in [0.25, 0.3) is 49.1 Å². The zero-order chi connectivity index (χ0) is 56.2. The zero-order valence-corrected chi connectivity index (χ0v) is 47.6. The molecule has 23 nitrogen and oxygen atoms in total. The number of aliphatic hydroxyl groups is 3. The van der Waals surface area contributed by atoms with E-state index in [4.69, 9.17) is 19.7 Å². The van der Waals surface area contributed by atoms with E-state index in [0.717, 1.165) is 34.0 Å². The number of carbonyl (C=O) groups excluding carboxylic acids is 6. The highest BCUT2D eigenvalue weighted by molar-refractivity contribution is 7.15. The first-order chi connectivity index (χ1) is 37.1. The summed E-state index contributed by atoms with van der Waals surface area (Å²) >= 11 is 6.87. The van der Waals surface area contributed by atoms with Crippen molar-refractivity contribution >= 4 is 109 Å². The van der Waals surface area contributed by atoms with Crippen LogP contribution in [0.4, 0.5) is 0 Å². The average Bonchev–Trinajstić information content (AvgIpc) is 4.28. The van der Waals surface area contributed by atoms with Crippen molar-refractivity contribution in [3.05, 3.63) is 100 Å². The van der Waals surface area contributed by atoms with E-state index in [1.165, 1.54) is 96.4 Å². The maximum atomic E-state index is 14.1. The van der Waals surface area contributed by atoms with Gasteiger partial charge in [0.05, 0.1) is 35.3 Å². The van der Waals surface area contributed by atoms with Crippen LogP contribution in [0.3, 0.4) is 0 Å². The van der Waals surface area contributed by atoms with Crippen molar-refractivity contribution < 1.29 is 48.8 Å². The fraction of sp³-hybridized carbons (Fsp3) is 0.327. The largest absolute Gasteiger partial charge is 0.392 e. The molecule has 6 atom stereocenters. The molecule has 0 aliphatic carbocycles. The molecule has 8 rings (SSSR count). The lowest BCUT2D eigenvalue weighted by Crippen LogP contribution is -2.52. The molecule has 9 N–H and O–H groups in total. The van der Waals surface area contributed by atoms with Crippen LogP contribution in [0.15, 0.2) is 62.3 Å². The SMILES string of the molecule is CC=C(NC(=O)c1csc(-c2csc(-c3ccc4c(n3)-c3csc(n3)[C@@H]([C@@H](C)OC)NC(=O)c3csc(n3)[C@H](C(C)(C)O)NC(=O)c3csc(n3)C(=CC)NC(=O)[C@H]([C@H](C)O)NC(=O)c3csc-4n3)n2)n1)C(=O)NC[C@H](C)O. The number of nitrogens with one attached hydrogen (secondary N) is 6. The molecule has 1 aliphatic heterocycles. The first-order valence-electron chi connectivity index (χ1n) is 23.7. The number of fused-ring (bicyclic) bond motifs is 11. The van der Waals surface area contributed by atoms with Crippen molar-refractivity contribution in [3.8, 4) is 43.4 Å². The van der Waals surface area contributed by atoms with Crippen molar-refractivity contribution in [2.75, 3.05) is 13.7 Å². The molecule has 0 radical (unpaired) electrons. The van der Waals surface area contributed by atoms with E-state index in [0.29, 0.717) is 48.4 Å². The second-order valence-corrected chi connectivity index (χ2v) is 23.1. The van der Waals surface area contributed by atoms with Crippen molar-refractivity contribution in [3.63, 3.8) is 0 Å². The van der Waals surface area contributed by atoms with Crippen LogP contribution in [0.2, 0.25) is 0 Å². The first kappa shape index (κ1) is 57.3. The van der Waals surface area contributed by atoms with Gasteiger partial charge in [-0.3, -0.25) is 28.8 Å². The number of hydrogen-bond acceptors (Lipinski definition) is 23. The Balaban J connectivity index is 1.16. The quantitative estimate of drug-likeness (QED) is 0.0738. The number of hydrogen-bond donors (Lipinski definition) is 9. The summed E-state index contributed by atoms with van der Waals surface area (Å²) in [5.41, 5.74) is 0.560. The zero-order valence-electron chi connectivity index (χ0n) is 42.7. The van der Waals surface area contributed by atoms with Gasteiger partial charge in [-0.25, -0.2) is 34.9 Å². The maximum Gasteiger partial charge on any atom is 0.275 e. The topological polar surface area (TPSA) is 335 Å². The number of rotatable bonds is 11. The van der Waals surface area contributed by atoms with Crippen LogP contribution in [-0.2, 0) is 14.3 Å². The summed E-state index contributed by atoms with van der Waals surface area (Å²) in [6.07, 6.45) is 0.196. The molecule has 29 heteroatoms. The number of ether oxygens (including phenoxy) is 1. The van der Waals surface area contributed by atoms with E-state index in [1.807, 2.05) is 0 Å². The normalized spacial score (nSPS) is 18.5. The Bertz CT molecular complexity index is 3460. The van der Waals surface area contributed by atoms with Gasteiger partial charge in [0.1, 0.15) is 93.7 Å². The lowest BCUT2D eigenvalue weighted by Gasteiger charge is -2.28. The first-order valence-corrected chi connectivity index (χ1v) is 29.0. The van der Waals surface area contributed by atoms with E-state index in [1.54, 1.807) is 49.7 Å². The highest BCUT2D eigenvalue weighted by Gasteiger charge is 2.36. The molecule has 0 unspecified atom stereocenters. The minimum Gasteiger partial charge on any atom is -0.392 e. The third-order valence-corrected chi connectivity index (χ3v) is 16.9. The Morgan fingerprint density at radius 3 is 1.92 bits per heavy atom. The predicted octanol–water partition coefficient (Wildman–Crippen LogP) is 5.34. The third-order valence-electron chi connectivity index (χ3n) is 11.6. The highest BCUT2D eigenvalue weighted by Crippen LogP contribution is 2.39. The highest BCUT2D eigenvalue weighted by atomic mass is 32.1. The summed E-state index contributed by atoms with van der Waals surface area (Å²) in [7, 11) is 1.49. The fourth-order valence-corrected chi connectivity index (χ4v) is 12.6. The van der Waals surface area contributed by atoms with E-state index in [2.05, 4.69) is 51.8 Å². The lowest BCUT2D eigenvalue weighted by atomic mass is 9.99. The molecule has 0 saturated carbocycles. The number of allylic oxidation sites excluding steroid dienone is 2. The van der Waals surface area contributed by atoms with Gasteiger partial charge < -0.3 is 52.0 Å². The van der Waals surface area contributed by atoms with Crippen LogP contribution in [0.1, 0.15) is 118 Å². The van der Waals surface area contributed by atoms with Gasteiger partial charge in [-0.1, -0.05) is 12.2 Å². The second-order valence-electron chi connectivity index (χ2n) is 17.9. The molecule has 7 aromatic rings. The smallest absolute Gasteiger partial charge is 0.275 e. The molecule has 8 bridgehead atoms. The second kappa shape index (κ2) is 24.4. The molecule has 0 saturated heterocycles. The third kappa shape index (κ3) is 13.0. The average molecular weight is 1170 g/mol. The van der Waals surface area contributed by atoms with Crippen molar-refractivity contribution in [1.82, 2.24) is 66.8 Å². The van der Waals surface area contributed by atoms with Gasteiger partial charge in [-0.15, -0.1) is 68.0 Å². The molecule has 1 aliphatic rings. The Morgan fingerprint density at radius 2 is 1.26 bits per heavy atom. The summed E-state index contributed by atoms with van der Waals surface area (Å²) in [5.74, 6) is -4.00. The van der Waals surface area contributed by atoms with Crippen molar-refractivity contribution in [2.24, 2.45) is 0 Å². The van der Waals surface area contributed by atoms with Crippen molar-refractivity contribution in [2.45, 2.75) is 90.5 Å². The summed E-state index contributed by atoms with van der Waals surface area (Å²) in [5, 5.41) is 59.5. The molecule has 7 aromatic heterocycles. The Hall–Kier alpha value is -6.93. The number of aromatic nitrogens is 7. The standard InChI is InChI=1S/C49H51N13O10S6/c1-9-24(37(65)50-13-20(3)63)52-38(66)28-16-75-46(57-28)32-19-76-45(59-32)26-12-11-23-35(51-26)27-14-77-47(54-27)34(22(5)72-8)61-40(68)30-18-78-48(58-30)36(49(6,7)71)62-41(69)31-17-74-44(56-31)25(10-2)53-42(70)33(21(4)64)60-39(67)29-15-73-43(23)55-29/h9-12,14-22,33-34,36,63-64,71H,13H2,1-8H3,(H,50,65)(H,52,66)(H,53,70)(H,60,67)(H,61,68)(H,62,69)/t20-,21-,22+,33-,34+,36+/m0/s1. The monoisotopic (exact) mass is 1170 g/mol. The summed E-state index contributed by atoms with van der Waals surface area (Å²) < 4.78 is 5.75. The van der Waals surface area contributed by atoms with Crippen LogP contribution < -0.4 is 31.9 Å². The molecule has 0 fully saturated rings. The number of methoxy groups -OCH3 is 1. The van der Waals surface area contributed by atoms with E-state index >= 15 is 0 Å². The molecule has 408 valence electrons. The van der Waals surface area contributed by atoms with Gasteiger partial charge in [-0.2, -0.15) is 0 Å². The van der Waals surface area contributed by atoms with E-state index in [9.17, 15) is 44.1 Å². The van der Waals surface area contributed by atoms with Crippen LogP contribution >= 0.6 is 68.0 Å². The number of pyridine rings is 1. The Labute approximate surface area is 469 Å². The van der Waals surface area contributed by atoms with Crippen LogP contribution in [0.5, 0.6) is 0 Å². The molecular formula is C49H51N13O10S6. The minimum absolute atomic E-state index is 0.00194.